The molecule has 0 nitrogen and oxygen atoms in total. The van der Waals surface area contributed by atoms with E-state index >= 15 is 0 Å². The molecule has 1 aromatic rings. The minimum atomic E-state index is 0.503. The molecule has 0 amide bonds. The fraction of sp³-hybridized carbons (Fsp3) is 0.0909. The highest BCUT2D eigenvalue weighted by Gasteiger charge is 2.44. The van der Waals surface area contributed by atoms with Crippen LogP contribution in [0.5, 0.6) is 0 Å². The zero-order valence-corrected chi connectivity index (χ0v) is 12.1. The van der Waals surface area contributed by atoms with Crippen molar-refractivity contribution < 1.29 is 0 Å². The Bertz CT molecular complexity index is 967. The first-order chi connectivity index (χ1) is 10.9. The van der Waals surface area contributed by atoms with Gasteiger partial charge in [-0.05, 0) is 44.6 Å². The Balaban J connectivity index is 1.76. The fourth-order valence-corrected chi connectivity index (χ4v) is 4.74. The van der Waals surface area contributed by atoms with Crippen molar-refractivity contribution in [1.82, 2.24) is 0 Å². The smallest absolute Gasteiger partial charge is 0.0211 e. The van der Waals surface area contributed by atoms with Crippen LogP contribution in [0, 0.1) is 11.8 Å². The van der Waals surface area contributed by atoms with Crippen LogP contribution in [0.25, 0.3) is 11.1 Å². The maximum Gasteiger partial charge on any atom is 0.0211 e. The molecule has 0 fully saturated rings. The minimum absolute atomic E-state index is 0.503. The van der Waals surface area contributed by atoms with Crippen LogP contribution >= 0.6 is 0 Å². The SMILES string of the molecule is C1=CC2=CC=C3C=CC4=C5C(=CC(=C1)C2C35)c1ccccc14. The summed E-state index contributed by atoms with van der Waals surface area (Å²) in [7, 11) is 0. The number of rotatable bonds is 0. The number of hydrogen-bond donors (Lipinski definition) is 0. The lowest BCUT2D eigenvalue weighted by molar-refractivity contribution is 0.572. The summed E-state index contributed by atoms with van der Waals surface area (Å²) in [6.07, 6.45) is 18.5. The standard InChI is InChI=1S/C22H14/c1-2-7-17-16(6-1)18-11-10-14-9-8-13-4-3-5-15-12-19(17)22(18)21(14)20(13)15/h1-12,20-21H. The molecule has 0 spiro atoms. The van der Waals surface area contributed by atoms with Crippen LogP contribution in [0.3, 0.4) is 0 Å². The average Bonchev–Trinajstić information content (AvgIpc) is 2.90. The Labute approximate surface area is 129 Å². The van der Waals surface area contributed by atoms with Crippen LogP contribution < -0.4 is 0 Å². The second kappa shape index (κ2) is 3.59. The first kappa shape index (κ1) is 11.0. The van der Waals surface area contributed by atoms with E-state index in [4.69, 9.17) is 0 Å². The van der Waals surface area contributed by atoms with Crippen molar-refractivity contribution in [2.24, 2.45) is 11.8 Å². The van der Waals surface area contributed by atoms with E-state index in [1.165, 1.54) is 39.0 Å². The predicted molar refractivity (Wildman–Crippen MR) is 90.8 cm³/mol. The topological polar surface area (TPSA) is 0 Å². The lowest BCUT2D eigenvalue weighted by Gasteiger charge is -2.41. The highest BCUT2D eigenvalue weighted by atomic mass is 14.5. The highest BCUT2D eigenvalue weighted by molar-refractivity contribution is 6.06. The van der Waals surface area contributed by atoms with Crippen LogP contribution in [-0.4, -0.2) is 0 Å². The number of hydrogen-bond acceptors (Lipinski definition) is 0. The zero-order valence-electron chi connectivity index (χ0n) is 12.1. The molecule has 0 saturated heterocycles. The van der Waals surface area contributed by atoms with Crippen LogP contribution in [0.1, 0.15) is 11.1 Å². The molecule has 5 aliphatic carbocycles. The second-order valence-electron chi connectivity index (χ2n) is 6.58. The lowest BCUT2D eigenvalue weighted by Crippen LogP contribution is -2.29. The average molecular weight is 278 g/mol. The molecule has 0 aromatic heterocycles. The molecule has 0 aliphatic heterocycles. The van der Waals surface area contributed by atoms with Crippen molar-refractivity contribution in [2.75, 3.05) is 0 Å². The molecule has 0 bridgehead atoms. The summed E-state index contributed by atoms with van der Waals surface area (Å²) in [4.78, 5) is 0. The Morgan fingerprint density at radius 1 is 0.682 bits per heavy atom. The van der Waals surface area contributed by atoms with E-state index in [2.05, 4.69) is 72.9 Å². The molecule has 2 unspecified atom stereocenters. The molecule has 22 heavy (non-hydrogen) atoms. The molecule has 6 rings (SSSR count). The number of allylic oxidation sites excluding steroid dienone is 14. The van der Waals surface area contributed by atoms with Gasteiger partial charge in [0.1, 0.15) is 0 Å². The van der Waals surface area contributed by atoms with Crippen molar-refractivity contribution in [3.63, 3.8) is 0 Å². The Morgan fingerprint density at radius 3 is 2.41 bits per heavy atom. The molecule has 102 valence electrons. The third-order valence-electron chi connectivity index (χ3n) is 5.61. The number of fused-ring (bicyclic) bond motifs is 3. The molecular formula is C22H14. The van der Waals surface area contributed by atoms with E-state index in [0.29, 0.717) is 11.8 Å². The van der Waals surface area contributed by atoms with Crippen LogP contribution in [0.15, 0.2) is 95.2 Å². The molecule has 0 heterocycles. The third kappa shape index (κ3) is 1.13. The highest BCUT2D eigenvalue weighted by Crippen LogP contribution is 2.58. The van der Waals surface area contributed by atoms with E-state index in [-0.39, 0.29) is 0 Å². The van der Waals surface area contributed by atoms with Crippen molar-refractivity contribution in [2.45, 2.75) is 0 Å². The van der Waals surface area contributed by atoms with Gasteiger partial charge < -0.3 is 0 Å². The maximum atomic E-state index is 2.43. The van der Waals surface area contributed by atoms with Gasteiger partial charge in [0.25, 0.3) is 0 Å². The van der Waals surface area contributed by atoms with Gasteiger partial charge in [-0.25, -0.2) is 0 Å². The van der Waals surface area contributed by atoms with Gasteiger partial charge in [-0.1, -0.05) is 72.9 Å². The Kier molecular flexibility index (Phi) is 1.80. The molecule has 1 aromatic carbocycles. The van der Waals surface area contributed by atoms with E-state index in [1.54, 1.807) is 5.57 Å². The summed E-state index contributed by atoms with van der Waals surface area (Å²) >= 11 is 0. The summed E-state index contributed by atoms with van der Waals surface area (Å²) in [5.74, 6) is 1.02. The van der Waals surface area contributed by atoms with Gasteiger partial charge in [0.2, 0.25) is 0 Å². The molecule has 0 N–H and O–H groups in total. The summed E-state index contributed by atoms with van der Waals surface area (Å²) < 4.78 is 0. The Hall–Kier alpha value is -2.60. The van der Waals surface area contributed by atoms with Gasteiger partial charge in [-0.15, -0.1) is 0 Å². The van der Waals surface area contributed by atoms with Gasteiger partial charge in [0.15, 0.2) is 0 Å². The Morgan fingerprint density at radius 2 is 1.50 bits per heavy atom. The van der Waals surface area contributed by atoms with E-state index < -0.39 is 0 Å². The van der Waals surface area contributed by atoms with Crippen molar-refractivity contribution in [3.05, 3.63) is 106 Å². The van der Waals surface area contributed by atoms with Gasteiger partial charge in [0.05, 0.1) is 0 Å². The van der Waals surface area contributed by atoms with Gasteiger partial charge >= 0.3 is 0 Å². The maximum absolute atomic E-state index is 2.43. The van der Waals surface area contributed by atoms with E-state index in [1.807, 2.05) is 0 Å². The van der Waals surface area contributed by atoms with Crippen LogP contribution in [0.4, 0.5) is 0 Å². The van der Waals surface area contributed by atoms with Gasteiger partial charge in [-0.2, -0.15) is 0 Å². The molecule has 0 saturated carbocycles. The quantitative estimate of drug-likeness (QED) is 0.625. The molecule has 0 heteroatoms. The van der Waals surface area contributed by atoms with Crippen LogP contribution in [0.2, 0.25) is 0 Å². The summed E-state index contributed by atoms with van der Waals surface area (Å²) in [5.41, 5.74) is 11.6. The first-order valence-corrected chi connectivity index (χ1v) is 7.96. The van der Waals surface area contributed by atoms with Gasteiger partial charge in [0, 0.05) is 11.8 Å². The zero-order chi connectivity index (χ0) is 14.3. The fourth-order valence-electron chi connectivity index (χ4n) is 4.74. The second-order valence-corrected chi connectivity index (χ2v) is 6.58. The predicted octanol–water partition coefficient (Wildman–Crippen LogP) is 5.02. The van der Waals surface area contributed by atoms with Crippen molar-refractivity contribution in [1.29, 1.82) is 0 Å². The van der Waals surface area contributed by atoms with Crippen LogP contribution in [-0.2, 0) is 0 Å². The first-order valence-electron chi connectivity index (χ1n) is 7.96. The van der Waals surface area contributed by atoms with E-state index in [9.17, 15) is 0 Å². The summed E-state index contributed by atoms with van der Waals surface area (Å²) in [6.45, 7) is 0. The molecular weight excluding hydrogens is 264 g/mol. The normalized spacial score (nSPS) is 28.5. The molecule has 0 radical (unpaired) electrons. The van der Waals surface area contributed by atoms with Crippen molar-refractivity contribution >= 4 is 11.1 Å². The molecule has 5 aliphatic rings. The summed E-state index contributed by atoms with van der Waals surface area (Å²) in [6, 6.07) is 8.86. The van der Waals surface area contributed by atoms with Gasteiger partial charge in [-0.3, -0.25) is 0 Å². The monoisotopic (exact) mass is 278 g/mol. The number of benzene rings is 1. The third-order valence-corrected chi connectivity index (χ3v) is 5.61. The summed E-state index contributed by atoms with van der Waals surface area (Å²) in [5, 5.41) is 0. The van der Waals surface area contributed by atoms with Crippen molar-refractivity contribution in [3.8, 4) is 0 Å². The minimum Gasteiger partial charge on any atom is -0.0617 e. The molecule has 2 atom stereocenters. The van der Waals surface area contributed by atoms with E-state index in [0.717, 1.165) is 0 Å². The lowest BCUT2D eigenvalue weighted by atomic mass is 9.62. The largest absolute Gasteiger partial charge is 0.0617 e.